The second-order valence-corrected chi connectivity index (χ2v) is 7.57. The maximum atomic E-state index is 12.7. The fourth-order valence-electron chi connectivity index (χ4n) is 4.26. The molecule has 0 bridgehead atoms. The standard InChI is InChI=1S/C19H26N6O/c1-25-13-19(7-9-20-10-8-19)11-15(25)18(26)21-12-16-22-17(24-23-16)14-5-3-2-4-6-14/h2-6,15,20H,7-13H2,1H3,(H,21,26)(H,22,23,24)/t15-/m1/s1. The van der Waals surface area contributed by atoms with Crippen LogP contribution in [0.5, 0.6) is 0 Å². The van der Waals surface area contributed by atoms with Crippen molar-refractivity contribution in [3.05, 3.63) is 36.2 Å². The molecule has 1 aromatic carbocycles. The highest BCUT2D eigenvalue weighted by Crippen LogP contribution is 2.41. The van der Waals surface area contributed by atoms with Crippen molar-refractivity contribution in [2.45, 2.75) is 31.8 Å². The van der Waals surface area contributed by atoms with Crippen LogP contribution in [0.15, 0.2) is 30.3 Å². The fourth-order valence-corrected chi connectivity index (χ4v) is 4.26. The molecule has 0 aliphatic carbocycles. The SMILES string of the molecule is CN1CC2(CCNCC2)C[C@@H]1C(=O)NCc1nc(-c2ccccc2)n[nH]1. The van der Waals surface area contributed by atoms with Crippen molar-refractivity contribution < 1.29 is 4.79 Å². The Morgan fingerprint density at radius 3 is 2.85 bits per heavy atom. The van der Waals surface area contributed by atoms with Crippen LogP contribution in [-0.2, 0) is 11.3 Å². The van der Waals surface area contributed by atoms with E-state index in [4.69, 9.17) is 0 Å². The van der Waals surface area contributed by atoms with Gasteiger partial charge in [0.1, 0.15) is 5.82 Å². The number of nitrogens with zero attached hydrogens (tertiary/aromatic N) is 3. The van der Waals surface area contributed by atoms with Crippen LogP contribution in [0, 0.1) is 5.41 Å². The molecule has 1 spiro atoms. The van der Waals surface area contributed by atoms with Crippen molar-refractivity contribution in [3.63, 3.8) is 0 Å². The maximum Gasteiger partial charge on any atom is 0.237 e. The molecule has 0 unspecified atom stereocenters. The summed E-state index contributed by atoms with van der Waals surface area (Å²) in [6.07, 6.45) is 3.26. The van der Waals surface area contributed by atoms with Crippen molar-refractivity contribution in [3.8, 4) is 11.4 Å². The molecule has 3 N–H and O–H groups in total. The van der Waals surface area contributed by atoms with Crippen LogP contribution in [0.4, 0.5) is 0 Å². The first kappa shape index (κ1) is 17.2. The fraction of sp³-hybridized carbons (Fsp3) is 0.526. The molecule has 1 aromatic heterocycles. The van der Waals surface area contributed by atoms with Gasteiger partial charge >= 0.3 is 0 Å². The third-order valence-corrected chi connectivity index (χ3v) is 5.70. The first-order chi connectivity index (χ1) is 12.7. The van der Waals surface area contributed by atoms with Crippen LogP contribution < -0.4 is 10.6 Å². The number of piperidine rings is 1. The Morgan fingerprint density at radius 1 is 1.31 bits per heavy atom. The first-order valence-corrected chi connectivity index (χ1v) is 9.31. The zero-order valence-corrected chi connectivity index (χ0v) is 15.2. The van der Waals surface area contributed by atoms with Crippen molar-refractivity contribution >= 4 is 5.91 Å². The molecular formula is C19H26N6O. The zero-order chi connectivity index (χ0) is 18.0. The lowest BCUT2D eigenvalue weighted by Gasteiger charge is -2.33. The Kier molecular flexibility index (Phi) is 4.74. The molecule has 0 radical (unpaired) electrons. The van der Waals surface area contributed by atoms with Crippen LogP contribution in [0.25, 0.3) is 11.4 Å². The van der Waals surface area contributed by atoms with Crippen LogP contribution in [-0.4, -0.2) is 58.7 Å². The van der Waals surface area contributed by atoms with Gasteiger partial charge in [0.15, 0.2) is 5.82 Å². The van der Waals surface area contributed by atoms with E-state index in [1.165, 1.54) is 0 Å². The smallest absolute Gasteiger partial charge is 0.237 e. The normalized spacial score (nSPS) is 22.6. The second kappa shape index (κ2) is 7.17. The van der Waals surface area contributed by atoms with E-state index in [9.17, 15) is 4.79 Å². The molecule has 0 saturated carbocycles. The number of hydrogen-bond acceptors (Lipinski definition) is 5. The zero-order valence-electron chi connectivity index (χ0n) is 15.2. The van der Waals surface area contributed by atoms with Crippen LogP contribution >= 0.6 is 0 Å². The van der Waals surface area contributed by atoms with E-state index < -0.39 is 0 Å². The van der Waals surface area contributed by atoms with Crippen molar-refractivity contribution in [1.29, 1.82) is 0 Å². The minimum absolute atomic E-state index is 0.0513. The van der Waals surface area contributed by atoms with E-state index in [-0.39, 0.29) is 11.9 Å². The van der Waals surface area contributed by atoms with Crippen LogP contribution in [0.2, 0.25) is 0 Å². The molecule has 138 valence electrons. The molecule has 2 aliphatic heterocycles. The molecule has 26 heavy (non-hydrogen) atoms. The summed E-state index contributed by atoms with van der Waals surface area (Å²) in [5.74, 6) is 1.41. The molecule has 2 aromatic rings. The van der Waals surface area contributed by atoms with Gasteiger partial charge in [0.05, 0.1) is 12.6 Å². The highest BCUT2D eigenvalue weighted by atomic mass is 16.2. The summed E-state index contributed by atoms with van der Waals surface area (Å²) < 4.78 is 0. The number of rotatable bonds is 4. The molecule has 2 aliphatic rings. The predicted octanol–water partition coefficient (Wildman–Crippen LogP) is 1.16. The third-order valence-electron chi connectivity index (χ3n) is 5.70. The highest BCUT2D eigenvalue weighted by Gasteiger charge is 2.45. The summed E-state index contributed by atoms with van der Waals surface area (Å²) >= 11 is 0. The second-order valence-electron chi connectivity index (χ2n) is 7.57. The molecule has 3 heterocycles. The maximum absolute atomic E-state index is 12.7. The summed E-state index contributed by atoms with van der Waals surface area (Å²) in [5.41, 5.74) is 1.26. The summed E-state index contributed by atoms with van der Waals surface area (Å²) in [6.45, 7) is 3.50. The number of H-pyrrole nitrogens is 1. The number of carbonyl (C=O) groups excluding carboxylic acids is 1. The molecule has 1 amide bonds. The average Bonchev–Trinajstić information content (AvgIpc) is 3.26. The minimum atomic E-state index is -0.0513. The van der Waals surface area contributed by atoms with E-state index >= 15 is 0 Å². The topological polar surface area (TPSA) is 85.9 Å². The van der Waals surface area contributed by atoms with Crippen LogP contribution in [0.3, 0.4) is 0 Å². The lowest BCUT2D eigenvalue weighted by Crippen LogP contribution is -2.41. The van der Waals surface area contributed by atoms with E-state index in [0.29, 0.717) is 23.6 Å². The lowest BCUT2D eigenvalue weighted by atomic mass is 9.77. The van der Waals surface area contributed by atoms with Gasteiger partial charge in [-0.1, -0.05) is 30.3 Å². The minimum Gasteiger partial charge on any atom is -0.347 e. The van der Waals surface area contributed by atoms with Gasteiger partial charge in [-0.2, -0.15) is 5.10 Å². The van der Waals surface area contributed by atoms with Crippen molar-refractivity contribution in [2.24, 2.45) is 5.41 Å². The number of nitrogens with one attached hydrogen (secondary N) is 3. The Hall–Kier alpha value is -2.25. The largest absolute Gasteiger partial charge is 0.347 e. The molecule has 2 fully saturated rings. The number of amides is 1. The van der Waals surface area contributed by atoms with E-state index in [1.54, 1.807) is 0 Å². The summed E-state index contributed by atoms with van der Waals surface area (Å²) in [5, 5.41) is 13.6. The van der Waals surface area contributed by atoms with Gasteiger partial charge in [-0.05, 0) is 44.8 Å². The van der Waals surface area contributed by atoms with E-state index in [0.717, 1.165) is 44.5 Å². The number of likely N-dealkylation sites (tertiary alicyclic amines) is 1. The molecule has 2 saturated heterocycles. The number of aromatic amines is 1. The van der Waals surface area contributed by atoms with Gasteiger partial charge in [-0.15, -0.1) is 0 Å². The number of benzene rings is 1. The monoisotopic (exact) mass is 354 g/mol. The van der Waals surface area contributed by atoms with Crippen molar-refractivity contribution in [2.75, 3.05) is 26.7 Å². The highest BCUT2D eigenvalue weighted by molar-refractivity contribution is 5.82. The Morgan fingerprint density at radius 2 is 2.08 bits per heavy atom. The lowest BCUT2D eigenvalue weighted by molar-refractivity contribution is -0.125. The van der Waals surface area contributed by atoms with Crippen molar-refractivity contribution in [1.82, 2.24) is 30.7 Å². The van der Waals surface area contributed by atoms with Gasteiger partial charge in [0.25, 0.3) is 0 Å². The number of hydrogen-bond donors (Lipinski definition) is 3. The first-order valence-electron chi connectivity index (χ1n) is 9.31. The molecule has 7 nitrogen and oxygen atoms in total. The quantitative estimate of drug-likeness (QED) is 0.767. The van der Waals surface area contributed by atoms with Gasteiger partial charge < -0.3 is 10.6 Å². The summed E-state index contributed by atoms with van der Waals surface area (Å²) in [7, 11) is 2.06. The van der Waals surface area contributed by atoms with E-state index in [1.807, 2.05) is 30.3 Å². The predicted molar refractivity (Wildman–Crippen MR) is 99.2 cm³/mol. The summed E-state index contributed by atoms with van der Waals surface area (Å²) in [4.78, 5) is 19.4. The number of likely N-dealkylation sites (N-methyl/N-ethyl adjacent to an activating group) is 1. The van der Waals surface area contributed by atoms with E-state index in [2.05, 4.69) is 37.8 Å². The Labute approximate surface area is 153 Å². The third kappa shape index (κ3) is 3.50. The number of aromatic nitrogens is 3. The number of carbonyl (C=O) groups is 1. The average molecular weight is 354 g/mol. The Balaban J connectivity index is 1.35. The molecular weight excluding hydrogens is 328 g/mol. The summed E-state index contributed by atoms with van der Waals surface area (Å²) in [6, 6.07) is 9.77. The Bertz CT molecular complexity index is 752. The van der Waals surface area contributed by atoms with Crippen LogP contribution in [0.1, 0.15) is 25.1 Å². The molecule has 7 heteroatoms. The van der Waals surface area contributed by atoms with Gasteiger partial charge in [0, 0.05) is 12.1 Å². The van der Waals surface area contributed by atoms with Gasteiger partial charge in [-0.3, -0.25) is 14.8 Å². The van der Waals surface area contributed by atoms with Gasteiger partial charge in [0.2, 0.25) is 5.91 Å². The van der Waals surface area contributed by atoms with Gasteiger partial charge in [-0.25, -0.2) is 4.98 Å². The molecule has 4 rings (SSSR count). The molecule has 1 atom stereocenters.